The van der Waals surface area contributed by atoms with Crippen molar-refractivity contribution in [3.8, 4) is 0 Å². The Hall–Kier alpha value is -2.44. The molecule has 7 heteroatoms. The van der Waals surface area contributed by atoms with Gasteiger partial charge in [0.25, 0.3) is 11.6 Å². The van der Waals surface area contributed by atoms with Crippen molar-refractivity contribution in [2.24, 2.45) is 0 Å². The second-order valence-corrected chi connectivity index (χ2v) is 4.03. The number of amides is 1. The summed E-state index contributed by atoms with van der Waals surface area (Å²) in [7, 11) is 0. The summed E-state index contributed by atoms with van der Waals surface area (Å²) in [4.78, 5) is 33.8. The van der Waals surface area contributed by atoms with E-state index >= 15 is 0 Å². The van der Waals surface area contributed by atoms with Crippen LogP contribution in [-0.2, 0) is 11.3 Å². The zero-order valence-electron chi connectivity index (χ0n) is 9.45. The summed E-state index contributed by atoms with van der Waals surface area (Å²) in [6.07, 6.45) is 0. The van der Waals surface area contributed by atoms with E-state index in [1.54, 1.807) is 0 Å². The first-order valence-corrected chi connectivity index (χ1v) is 5.21. The van der Waals surface area contributed by atoms with E-state index < -0.39 is 22.8 Å². The smallest absolute Gasteiger partial charge is 0.270 e. The number of nitrogens with zero attached hydrogens (tertiary/aromatic N) is 2. The van der Waals surface area contributed by atoms with Gasteiger partial charge < -0.3 is 14.8 Å². The molecule has 7 nitrogen and oxygen atoms in total. The van der Waals surface area contributed by atoms with Gasteiger partial charge in [0.1, 0.15) is 0 Å². The Morgan fingerprint density at radius 2 is 2.17 bits per heavy atom. The minimum absolute atomic E-state index is 0.126. The van der Waals surface area contributed by atoms with Gasteiger partial charge in [-0.15, -0.1) is 0 Å². The van der Waals surface area contributed by atoms with Gasteiger partial charge in [-0.2, -0.15) is 0 Å². The number of nitro benzene ring substituents is 1. The first-order chi connectivity index (χ1) is 8.41. The van der Waals surface area contributed by atoms with Crippen LogP contribution in [0.4, 0.5) is 5.69 Å². The van der Waals surface area contributed by atoms with Crippen molar-refractivity contribution in [3.63, 3.8) is 0 Å². The van der Waals surface area contributed by atoms with Gasteiger partial charge in [0.05, 0.1) is 22.5 Å². The van der Waals surface area contributed by atoms with Gasteiger partial charge in [-0.05, 0) is 18.6 Å². The summed E-state index contributed by atoms with van der Waals surface area (Å²) in [6, 6.07) is 2.86. The van der Waals surface area contributed by atoms with Crippen molar-refractivity contribution >= 4 is 17.6 Å². The van der Waals surface area contributed by atoms with E-state index in [0.717, 1.165) is 4.90 Å². The van der Waals surface area contributed by atoms with E-state index in [0.29, 0.717) is 5.56 Å². The number of benzene rings is 1. The number of carbonyl (C=O) groups is 2. The van der Waals surface area contributed by atoms with Crippen LogP contribution >= 0.6 is 0 Å². The number of carboxylic acids is 1. The normalized spacial score (nSPS) is 15.4. The molecular formula is C11H9N2O5-. The molecule has 2 rings (SSSR count). The second-order valence-electron chi connectivity index (χ2n) is 4.03. The third-order valence-electron chi connectivity index (χ3n) is 2.94. The summed E-state index contributed by atoms with van der Waals surface area (Å²) in [5.74, 6) is -1.88. The molecule has 0 aromatic heterocycles. The van der Waals surface area contributed by atoms with Crippen LogP contribution in [0.1, 0.15) is 22.8 Å². The van der Waals surface area contributed by atoms with Gasteiger partial charge >= 0.3 is 0 Å². The van der Waals surface area contributed by atoms with Crippen LogP contribution in [0.25, 0.3) is 0 Å². The molecule has 0 aliphatic carbocycles. The molecule has 0 unspecified atom stereocenters. The standard InChI is InChI=1S/C11H10N2O5/c1-6(11(15)16)12-5-7-2-3-8(13(17)18)4-9(7)10(12)14/h2-4,6H,5H2,1H3,(H,15,16)/p-1/t6-/m1/s1. The molecule has 0 bridgehead atoms. The van der Waals surface area contributed by atoms with E-state index in [9.17, 15) is 24.8 Å². The lowest BCUT2D eigenvalue weighted by Gasteiger charge is -2.24. The summed E-state index contributed by atoms with van der Waals surface area (Å²) in [5.41, 5.74) is 0.570. The largest absolute Gasteiger partial charge is 0.548 e. The number of hydrogen-bond donors (Lipinski definition) is 0. The number of non-ortho nitro benzene ring substituents is 1. The highest BCUT2D eigenvalue weighted by atomic mass is 16.6. The average molecular weight is 249 g/mol. The Balaban J connectivity index is 2.37. The van der Waals surface area contributed by atoms with Crippen molar-refractivity contribution in [2.45, 2.75) is 19.5 Å². The fourth-order valence-corrected chi connectivity index (χ4v) is 1.87. The molecule has 1 heterocycles. The SMILES string of the molecule is C[C@H](C(=O)[O-])N1Cc2ccc([N+](=O)[O-])cc2C1=O. The van der Waals surface area contributed by atoms with Gasteiger partial charge in [-0.3, -0.25) is 14.9 Å². The van der Waals surface area contributed by atoms with Gasteiger partial charge in [-0.25, -0.2) is 0 Å². The first-order valence-electron chi connectivity index (χ1n) is 5.21. The Kier molecular flexibility index (Phi) is 2.74. The zero-order valence-corrected chi connectivity index (χ0v) is 9.45. The van der Waals surface area contributed by atoms with Crippen LogP contribution in [0.2, 0.25) is 0 Å². The van der Waals surface area contributed by atoms with Crippen molar-refractivity contribution < 1.29 is 19.6 Å². The van der Waals surface area contributed by atoms with Crippen molar-refractivity contribution in [3.05, 3.63) is 39.4 Å². The van der Waals surface area contributed by atoms with E-state index in [4.69, 9.17) is 0 Å². The fraction of sp³-hybridized carbons (Fsp3) is 0.273. The first kappa shape index (κ1) is 12.0. The summed E-state index contributed by atoms with van der Waals surface area (Å²) in [5, 5.41) is 21.4. The predicted molar refractivity (Wildman–Crippen MR) is 57.4 cm³/mol. The lowest BCUT2D eigenvalue weighted by atomic mass is 10.1. The highest BCUT2D eigenvalue weighted by Gasteiger charge is 2.32. The molecule has 1 amide bonds. The summed E-state index contributed by atoms with van der Waals surface area (Å²) in [6.45, 7) is 1.47. The maximum absolute atomic E-state index is 11.9. The topological polar surface area (TPSA) is 104 Å². The summed E-state index contributed by atoms with van der Waals surface area (Å²) < 4.78 is 0. The van der Waals surface area contributed by atoms with E-state index in [1.165, 1.54) is 25.1 Å². The van der Waals surface area contributed by atoms with Crippen LogP contribution in [0, 0.1) is 10.1 Å². The number of aliphatic carboxylic acids is 1. The van der Waals surface area contributed by atoms with Crippen LogP contribution in [0.15, 0.2) is 18.2 Å². The van der Waals surface area contributed by atoms with Gasteiger partial charge in [0.15, 0.2) is 0 Å². The fourth-order valence-electron chi connectivity index (χ4n) is 1.87. The molecule has 94 valence electrons. The summed E-state index contributed by atoms with van der Waals surface area (Å²) >= 11 is 0. The monoisotopic (exact) mass is 249 g/mol. The molecule has 18 heavy (non-hydrogen) atoms. The molecular weight excluding hydrogens is 240 g/mol. The van der Waals surface area contributed by atoms with Gasteiger partial charge in [0, 0.05) is 18.7 Å². The molecule has 1 aliphatic heterocycles. The number of hydrogen-bond acceptors (Lipinski definition) is 5. The Morgan fingerprint density at radius 3 is 2.72 bits per heavy atom. The quantitative estimate of drug-likeness (QED) is 0.539. The Bertz CT molecular complexity index is 554. The van der Waals surface area contributed by atoms with Gasteiger partial charge in [-0.1, -0.05) is 0 Å². The second kappa shape index (κ2) is 4.10. The maximum atomic E-state index is 11.9. The molecule has 0 saturated heterocycles. The molecule has 1 aromatic carbocycles. The Morgan fingerprint density at radius 1 is 1.50 bits per heavy atom. The van der Waals surface area contributed by atoms with Crippen LogP contribution in [-0.4, -0.2) is 27.7 Å². The molecule has 0 radical (unpaired) electrons. The van der Waals surface area contributed by atoms with Crippen LogP contribution < -0.4 is 5.11 Å². The number of nitro groups is 1. The molecule has 0 fully saturated rings. The molecule has 1 aromatic rings. The van der Waals surface area contributed by atoms with Crippen molar-refractivity contribution in [1.82, 2.24) is 4.90 Å². The highest BCUT2D eigenvalue weighted by molar-refractivity contribution is 6.00. The van der Waals surface area contributed by atoms with Crippen molar-refractivity contribution in [1.29, 1.82) is 0 Å². The van der Waals surface area contributed by atoms with E-state index in [-0.39, 0.29) is 17.8 Å². The average Bonchev–Trinajstić information content (AvgIpc) is 2.65. The Labute approximate surface area is 102 Å². The predicted octanol–water partition coefficient (Wildman–Crippen LogP) is -0.311. The lowest BCUT2D eigenvalue weighted by Crippen LogP contribution is -2.46. The highest BCUT2D eigenvalue weighted by Crippen LogP contribution is 2.27. The molecule has 1 atom stereocenters. The maximum Gasteiger partial charge on any atom is 0.270 e. The third kappa shape index (κ3) is 1.79. The number of fused-ring (bicyclic) bond motifs is 1. The lowest BCUT2D eigenvalue weighted by molar-refractivity contribution is -0.384. The van der Waals surface area contributed by atoms with Gasteiger partial charge in [0.2, 0.25) is 0 Å². The molecule has 1 aliphatic rings. The number of carboxylic acid groups (broad SMARTS) is 1. The zero-order chi connectivity index (χ0) is 13.4. The molecule has 0 saturated carbocycles. The molecule has 0 spiro atoms. The van der Waals surface area contributed by atoms with Crippen LogP contribution in [0.5, 0.6) is 0 Å². The van der Waals surface area contributed by atoms with E-state index in [1.807, 2.05) is 0 Å². The minimum Gasteiger partial charge on any atom is -0.548 e. The third-order valence-corrected chi connectivity index (χ3v) is 2.94. The van der Waals surface area contributed by atoms with E-state index in [2.05, 4.69) is 0 Å². The van der Waals surface area contributed by atoms with Crippen molar-refractivity contribution in [2.75, 3.05) is 0 Å². The molecule has 0 N–H and O–H groups in total. The van der Waals surface area contributed by atoms with Crippen LogP contribution in [0.3, 0.4) is 0 Å². The number of carbonyl (C=O) groups excluding carboxylic acids is 2. The minimum atomic E-state index is -1.36. The number of rotatable bonds is 3.